The van der Waals surface area contributed by atoms with Gasteiger partial charge >= 0.3 is 0 Å². The van der Waals surface area contributed by atoms with E-state index in [0.29, 0.717) is 23.0 Å². The normalized spacial score (nSPS) is 29.8. The molecule has 0 unspecified atom stereocenters. The standard InChI is InChI=1S/C13H16N4O/c14-6-10-7-16-13(15)5-11(10)18-12-8-17-3-1-9(12)2-4-17/h5,7,9,12H,1-4,8H2,(H2,15,16)/t12-/m1/s1. The van der Waals surface area contributed by atoms with E-state index in [1.807, 2.05) is 0 Å². The Morgan fingerprint density at radius 2 is 2.22 bits per heavy atom. The Hall–Kier alpha value is -1.80. The molecule has 18 heavy (non-hydrogen) atoms. The van der Waals surface area contributed by atoms with Crippen LogP contribution in [0.25, 0.3) is 0 Å². The van der Waals surface area contributed by atoms with Crippen molar-refractivity contribution >= 4 is 5.82 Å². The molecule has 0 spiro atoms. The molecule has 4 heterocycles. The number of aromatic nitrogens is 1. The monoisotopic (exact) mass is 244 g/mol. The number of fused-ring (bicyclic) bond motifs is 3. The number of hydrogen-bond donors (Lipinski definition) is 1. The van der Waals surface area contributed by atoms with Gasteiger partial charge in [-0.15, -0.1) is 0 Å². The molecule has 5 heteroatoms. The Morgan fingerprint density at radius 1 is 1.44 bits per heavy atom. The number of nitrogens with two attached hydrogens (primary N) is 1. The van der Waals surface area contributed by atoms with E-state index in [1.165, 1.54) is 32.1 Å². The fourth-order valence-corrected chi connectivity index (χ4v) is 2.84. The highest BCUT2D eigenvalue weighted by Crippen LogP contribution is 2.31. The van der Waals surface area contributed by atoms with Crippen LogP contribution < -0.4 is 10.5 Å². The number of pyridine rings is 1. The molecule has 1 aromatic heterocycles. The van der Waals surface area contributed by atoms with E-state index in [0.717, 1.165) is 6.54 Å². The van der Waals surface area contributed by atoms with Crippen LogP contribution in [0.3, 0.4) is 0 Å². The van der Waals surface area contributed by atoms with Crippen molar-refractivity contribution in [2.24, 2.45) is 5.92 Å². The summed E-state index contributed by atoms with van der Waals surface area (Å²) in [5, 5.41) is 9.05. The molecule has 5 nitrogen and oxygen atoms in total. The van der Waals surface area contributed by atoms with Crippen molar-refractivity contribution in [2.75, 3.05) is 25.4 Å². The number of hydrogen-bond acceptors (Lipinski definition) is 5. The Balaban J connectivity index is 1.80. The third-order valence-electron chi connectivity index (χ3n) is 3.88. The van der Waals surface area contributed by atoms with E-state index in [-0.39, 0.29) is 6.10 Å². The number of piperidine rings is 3. The highest BCUT2D eigenvalue weighted by molar-refractivity contribution is 5.47. The Labute approximate surface area is 106 Å². The summed E-state index contributed by atoms with van der Waals surface area (Å²) in [5.74, 6) is 1.57. The number of nitrogen functional groups attached to an aromatic ring is 1. The van der Waals surface area contributed by atoms with Gasteiger partial charge in [-0.05, 0) is 31.8 Å². The lowest BCUT2D eigenvalue weighted by molar-refractivity contribution is -0.00789. The number of nitrogens with zero attached hydrogens (tertiary/aromatic N) is 3. The van der Waals surface area contributed by atoms with Crippen molar-refractivity contribution in [3.05, 3.63) is 17.8 Å². The zero-order valence-electron chi connectivity index (χ0n) is 10.2. The average molecular weight is 244 g/mol. The van der Waals surface area contributed by atoms with Gasteiger partial charge in [-0.1, -0.05) is 0 Å². The maximum Gasteiger partial charge on any atom is 0.142 e. The van der Waals surface area contributed by atoms with Crippen molar-refractivity contribution in [1.29, 1.82) is 5.26 Å². The fourth-order valence-electron chi connectivity index (χ4n) is 2.84. The molecule has 3 fully saturated rings. The minimum atomic E-state index is 0.182. The summed E-state index contributed by atoms with van der Waals surface area (Å²) in [6, 6.07) is 3.75. The number of anilines is 1. The molecule has 0 radical (unpaired) electrons. The summed E-state index contributed by atoms with van der Waals surface area (Å²) in [5.41, 5.74) is 6.11. The summed E-state index contributed by atoms with van der Waals surface area (Å²) in [4.78, 5) is 6.33. The Kier molecular flexibility index (Phi) is 2.80. The molecular weight excluding hydrogens is 228 g/mol. The molecule has 3 aliphatic rings. The number of nitriles is 1. The van der Waals surface area contributed by atoms with Crippen molar-refractivity contribution in [3.8, 4) is 11.8 Å². The first-order valence-corrected chi connectivity index (χ1v) is 6.31. The van der Waals surface area contributed by atoms with E-state index in [1.54, 1.807) is 6.07 Å². The summed E-state index contributed by atoms with van der Waals surface area (Å²) in [6.07, 6.45) is 4.04. The van der Waals surface area contributed by atoms with Crippen molar-refractivity contribution in [1.82, 2.24) is 9.88 Å². The third kappa shape index (κ3) is 2.00. The summed E-state index contributed by atoms with van der Waals surface area (Å²) in [6.45, 7) is 3.31. The smallest absolute Gasteiger partial charge is 0.142 e. The summed E-state index contributed by atoms with van der Waals surface area (Å²) < 4.78 is 6.01. The molecule has 3 aliphatic heterocycles. The van der Waals surface area contributed by atoms with Crippen LogP contribution >= 0.6 is 0 Å². The first-order chi connectivity index (χ1) is 8.76. The molecule has 0 aliphatic carbocycles. The predicted octanol–water partition coefficient (Wildman–Crippen LogP) is 1.01. The van der Waals surface area contributed by atoms with E-state index in [9.17, 15) is 0 Å². The number of ether oxygens (including phenoxy) is 1. The minimum absolute atomic E-state index is 0.182. The first-order valence-electron chi connectivity index (χ1n) is 6.31. The van der Waals surface area contributed by atoms with Gasteiger partial charge in [0.2, 0.25) is 0 Å². The lowest BCUT2D eigenvalue weighted by Crippen LogP contribution is -2.52. The second-order valence-electron chi connectivity index (χ2n) is 5.01. The van der Waals surface area contributed by atoms with Crippen LogP contribution in [-0.2, 0) is 0 Å². The zero-order chi connectivity index (χ0) is 12.5. The molecule has 1 atom stereocenters. The van der Waals surface area contributed by atoms with Gasteiger partial charge in [-0.3, -0.25) is 4.90 Å². The molecule has 0 saturated carbocycles. The average Bonchev–Trinajstić information content (AvgIpc) is 2.40. The van der Waals surface area contributed by atoms with Crippen LogP contribution in [0.1, 0.15) is 18.4 Å². The molecule has 2 bridgehead atoms. The lowest BCUT2D eigenvalue weighted by Gasteiger charge is -2.44. The molecule has 0 aromatic carbocycles. The topological polar surface area (TPSA) is 75.2 Å². The molecule has 1 aromatic rings. The van der Waals surface area contributed by atoms with Crippen LogP contribution in [0.4, 0.5) is 5.82 Å². The highest BCUT2D eigenvalue weighted by atomic mass is 16.5. The Morgan fingerprint density at radius 3 is 2.83 bits per heavy atom. The van der Waals surface area contributed by atoms with Crippen LogP contribution in [0.2, 0.25) is 0 Å². The van der Waals surface area contributed by atoms with E-state index < -0.39 is 0 Å². The second-order valence-corrected chi connectivity index (χ2v) is 5.01. The maximum absolute atomic E-state index is 9.05. The van der Waals surface area contributed by atoms with Gasteiger partial charge in [-0.25, -0.2) is 4.98 Å². The van der Waals surface area contributed by atoms with Crippen LogP contribution in [0.5, 0.6) is 5.75 Å². The van der Waals surface area contributed by atoms with Gasteiger partial charge in [-0.2, -0.15) is 5.26 Å². The van der Waals surface area contributed by atoms with Gasteiger partial charge in [0.05, 0.1) is 6.20 Å². The minimum Gasteiger partial charge on any atom is -0.487 e. The molecule has 0 amide bonds. The van der Waals surface area contributed by atoms with E-state index >= 15 is 0 Å². The van der Waals surface area contributed by atoms with Crippen molar-refractivity contribution in [2.45, 2.75) is 18.9 Å². The summed E-state index contributed by atoms with van der Waals surface area (Å²) >= 11 is 0. The van der Waals surface area contributed by atoms with Crippen LogP contribution in [-0.4, -0.2) is 35.6 Å². The van der Waals surface area contributed by atoms with Gasteiger partial charge < -0.3 is 10.5 Å². The van der Waals surface area contributed by atoms with Gasteiger partial charge in [0.15, 0.2) is 0 Å². The zero-order valence-corrected chi connectivity index (χ0v) is 10.2. The second kappa shape index (κ2) is 4.46. The fraction of sp³-hybridized carbons (Fsp3) is 0.538. The quantitative estimate of drug-likeness (QED) is 0.840. The highest BCUT2D eigenvalue weighted by Gasteiger charge is 2.35. The van der Waals surface area contributed by atoms with E-state index in [4.69, 9.17) is 15.7 Å². The molecular formula is C13H16N4O. The van der Waals surface area contributed by atoms with Gasteiger partial charge in [0.1, 0.15) is 29.3 Å². The largest absolute Gasteiger partial charge is 0.487 e. The van der Waals surface area contributed by atoms with Crippen molar-refractivity contribution < 1.29 is 4.74 Å². The molecule has 3 saturated heterocycles. The first kappa shape index (κ1) is 11.3. The van der Waals surface area contributed by atoms with Gasteiger partial charge in [0, 0.05) is 12.6 Å². The van der Waals surface area contributed by atoms with E-state index in [2.05, 4.69) is 16.0 Å². The predicted molar refractivity (Wildman–Crippen MR) is 66.9 cm³/mol. The van der Waals surface area contributed by atoms with Crippen LogP contribution in [0.15, 0.2) is 12.3 Å². The van der Waals surface area contributed by atoms with Gasteiger partial charge in [0.25, 0.3) is 0 Å². The lowest BCUT2D eigenvalue weighted by atomic mass is 9.86. The number of rotatable bonds is 2. The third-order valence-corrected chi connectivity index (χ3v) is 3.88. The van der Waals surface area contributed by atoms with Crippen molar-refractivity contribution in [3.63, 3.8) is 0 Å². The SMILES string of the molecule is N#Cc1cnc(N)cc1O[C@@H]1CN2CCC1CC2. The van der Waals surface area contributed by atoms with Crippen LogP contribution in [0, 0.1) is 17.2 Å². The Bertz CT molecular complexity index is 488. The molecule has 2 N–H and O–H groups in total. The molecule has 4 rings (SSSR count). The summed E-state index contributed by atoms with van der Waals surface area (Å²) in [7, 11) is 0. The maximum atomic E-state index is 9.05. The molecule has 94 valence electrons.